The zero-order chi connectivity index (χ0) is 15.0. The molecule has 0 unspecified atom stereocenters. The van der Waals surface area contributed by atoms with Gasteiger partial charge in [-0.1, -0.05) is 0 Å². The summed E-state index contributed by atoms with van der Waals surface area (Å²) in [6.07, 6.45) is 1.63. The Bertz CT molecular complexity index is 596. The van der Waals surface area contributed by atoms with E-state index in [1.54, 1.807) is 41.9 Å². The first kappa shape index (κ1) is 14.7. The van der Waals surface area contributed by atoms with Gasteiger partial charge >= 0.3 is 5.97 Å². The van der Waals surface area contributed by atoms with Gasteiger partial charge in [-0.3, -0.25) is 19.7 Å². The average molecular weight is 325 g/mol. The van der Waals surface area contributed by atoms with E-state index < -0.39 is 12.0 Å². The van der Waals surface area contributed by atoms with Crippen molar-refractivity contribution in [2.45, 2.75) is 17.5 Å². The van der Waals surface area contributed by atoms with Gasteiger partial charge in [0.05, 0.1) is 11.4 Å². The van der Waals surface area contributed by atoms with Crippen LogP contribution in [0.1, 0.15) is 5.69 Å². The van der Waals surface area contributed by atoms with Gasteiger partial charge in [0.1, 0.15) is 22.5 Å². The number of nitrogens with zero attached hydrogens (tertiary/aromatic N) is 3. The van der Waals surface area contributed by atoms with E-state index in [4.69, 9.17) is 0 Å². The van der Waals surface area contributed by atoms with Crippen LogP contribution in [-0.4, -0.2) is 67.1 Å². The van der Waals surface area contributed by atoms with Gasteiger partial charge in [-0.25, -0.2) is 0 Å². The molecule has 1 fully saturated rings. The van der Waals surface area contributed by atoms with Crippen LogP contribution in [0.5, 0.6) is 5.75 Å². The number of rotatable bonds is 3. The third kappa shape index (κ3) is 2.75. The Labute approximate surface area is 130 Å². The fourth-order valence-electron chi connectivity index (χ4n) is 2.46. The second-order valence-corrected chi connectivity index (χ2v) is 7.09. The summed E-state index contributed by atoms with van der Waals surface area (Å²) in [6.45, 7) is 0. The van der Waals surface area contributed by atoms with Gasteiger partial charge in [0, 0.05) is 17.7 Å². The lowest BCUT2D eigenvalue weighted by Crippen LogP contribution is -2.42. The number of thioether (sulfide) groups is 2. The number of likely N-dealkylation sites (N-methyl/N-ethyl adjacent to an activating group) is 1. The number of hydrogen-bond acceptors (Lipinski definition) is 7. The molecule has 2 aliphatic heterocycles. The van der Waals surface area contributed by atoms with E-state index in [-0.39, 0.29) is 17.2 Å². The van der Waals surface area contributed by atoms with Crippen molar-refractivity contribution in [2.75, 3.05) is 18.6 Å². The molecule has 3 rings (SSSR count). The number of aromatic nitrogens is 1. The lowest BCUT2D eigenvalue weighted by Gasteiger charge is -2.24. The van der Waals surface area contributed by atoms with Crippen LogP contribution in [0.25, 0.3) is 0 Å². The second-order valence-electron chi connectivity index (χ2n) is 4.93. The number of carboxylic acids is 1. The largest absolute Gasteiger partial charge is 0.506 e. The monoisotopic (exact) mass is 325 g/mol. The summed E-state index contributed by atoms with van der Waals surface area (Å²) in [5.74, 6) is 0.696. The number of carboxylic acid groups (broad SMARTS) is 1. The van der Waals surface area contributed by atoms with E-state index >= 15 is 0 Å². The van der Waals surface area contributed by atoms with Crippen LogP contribution in [-0.2, 0) is 4.79 Å². The summed E-state index contributed by atoms with van der Waals surface area (Å²) in [7, 11) is 1.83. The zero-order valence-corrected chi connectivity index (χ0v) is 13.0. The first-order valence-electron chi connectivity index (χ1n) is 6.49. The zero-order valence-electron chi connectivity index (χ0n) is 11.3. The highest BCUT2D eigenvalue weighted by molar-refractivity contribution is 8.14. The van der Waals surface area contributed by atoms with Crippen molar-refractivity contribution in [3.05, 3.63) is 24.0 Å². The molecule has 0 radical (unpaired) electrons. The van der Waals surface area contributed by atoms with Crippen LogP contribution < -0.4 is 0 Å². The molecule has 0 spiro atoms. The van der Waals surface area contributed by atoms with Gasteiger partial charge < -0.3 is 10.2 Å². The predicted octanol–water partition coefficient (Wildman–Crippen LogP) is 1.11. The molecule has 2 aliphatic rings. The number of aliphatic carboxylic acids is 1. The maximum Gasteiger partial charge on any atom is 0.321 e. The summed E-state index contributed by atoms with van der Waals surface area (Å²) in [6, 6.07) is 2.84. The lowest BCUT2D eigenvalue weighted by molar-refractivity contribution is -0.141. The number of hydrogen-bond donors (Lipinski definition) is 2. The van der Waals surface area contributed by atoms with E-state index in [1.807, 2.05) is 11.9 Å². The molecule has 0 bridgehead atoms. The predicted molar refractivity (Wildman–Crippen MR) is 84.1 cm³/mol. The standard InChI is InChI=1S/C13H15N3O3S2/c1-16-8(13(18)19)6-21-12(16)7-5-20-11(15-7)10-9(17)3-2-4-14-10/h2-4,7-8,12,17H,5-6H2,1H3,(H,18,19)/t7-,8-,12+/m1/s1. The van der Waals surface area contributed by atoms with Crippen LogP contribution in [0, 0.1) is 0 Å². The van der Waals surface area contributed by atoms with Gasteiger partial charge in [-0.05, 0) is 19.2 Å². The average Bonchev–Trinajstić information content (AvgIpc) is 3.05. The molecule has 112 valence electrons. The van der Waals surface area contributed by atoms with E-state index in [1.165, 1.54) is 0 Å². The molecule has 0 aromatic carbocycles. The van der Waals surface area contributed by atoms with Crippen molar-refractivity contribution < 1.29 is 15.0 Å². The first-order valence-corrected chi connectivity index (χ1v) is 8.52. The molecule has 21 heavy (non-hydrogen) atoms. The highest BCUT2D eigenvalue weighted by Gasteiger charge is 2.41. The van der Waals surface area contributed by atoms with Crippen molar-refractivity contribution in [1.29, 1.82) is 0 Å². The Hall–Kier alpha value is -1.25. The molecule has 0 saturated carbocycles. The Morgan fingerprint density at radius 1 is 1.48 bits per heavy atom. The van der Waals surface area contributed by atoms with Crippen molar-refractivity contribution >= 4 is 34.5 Å². The van der Waals surface area contributed by atoms with Crippen LogP contribution in [0.2, 0.25) is 0 Å². The first-order chi connectivity index (χ1) is 10.1. The smallest absolute Gasteiger partial charge is 0.321 e. The number of aromatic hydroxyl groups is 1. The van der Waals surface area contributed by atoms with Crippen LogP contribution >= 0.6 is 23.5 Å². The molecule has 6 nitrogen and oxygen atoms in total. The minimum Gasteiger partial charge on any atom is -0.506 e. The minimum absolute atomic E-state index is 0.0192. The third-order valence-electron chi connectivity index (χ3n) is 3.59. The maximum absolute atomic E-state index is 11.2. The quantitative estimate of drug-likeness (QED) is 0.861. The Morgan fingerprint density at radius 2 is 2.29 bits per heavy atom. The highest BCUT2D eigenvalue weighted by Crippen LogP contribution is 2.37. The summed E-state index contributed by atoms with van der Waals surface area (Å²) in [5.41, 5.74) is 0.505. The van der Waals surface area contributed by atoms with Gasteiger partial charge in [-0.15, -0.1) is 23.5 Å². The maximum atomic E-state index is 11.2. The van der Waals surface area contributed by atoms with E-state index in [0.29, 0.717) is 11.4 Å². The summed E-state index contributed by atoms with van der Waals surface area (Å²) < 4.78 is 0. The van der Waals surface area contributed by atoms with E-state index in [2.05, 4.69) is 9.98 Å². The lowest BCUT2D eigenvalue weighted by atomic mass is 10.2. The van der Waals surface area contributed by atoms with Gasteiger partial charge in [-0.2, -0.15) is 0 Å². The van der Waals surface area contributed by atoms with Crippen LogP contribution in [0.4, 0.5) is 0 Å². The SMILES string of the molecule is CN1[C@@H](C(=O)O)CS[C@H]1[C@H]1CSC(c2ncccc2O)=N1. The van der Waals surface area contributed by atoms with Crippen molar-refractivity contribution in [1.82, 2.24) is 9.88 Å². The topological polar surface area (TPSA) is 86.0 Å². The van der Waals surface area contributed by atoms with Gasteiger partial charge in [0.25, 0.3) is 0 Å². The molecule has 1 aromatic rings. The Morgan fingerprint density at radius 3 is 2.95 bits per heavy atom. The number of pyridine rings is 1. The normalized spacial score (nSPS) is 29.6. The molecule has 3 atom stereocenters. The third-order valence-corrected chi connectivity index (χ3v) is 6.17. The Balaban J connectivity index is 1.78. The highest BCUT2D eigenvalue weighted by atomic mass is 32.2. The van der Waals surface area contributed by atoms with Crippen molar-refractivity contribution in [3.8, 4) is 5.75 Å². The Kier molecular flexibility index (Phi) is 4.10. The van der Waals surface area contributed by atoms with Crippen molar-refractivity contribution in [2.24, 2.45) is 4.99 Å². The van der Waals surface area contributed by atoms with E-state index in [0.717, 1.165) is 10.8 Å². The summed E-state index contributed by atoms with van der Waals surface area (Å²) in [4.78, 5) is 21.9. The molecule has 1 aromatic heterocycles. The van der Waals surface area contributed by atoms with Crippen LogP contribution in [0.15, 0.2) is 23.3 Å². The second kappa shape index (κ2) is 5.86. The molecular formula is C13H15N3O3S2. The molecule has 1 saturated heterocycles. The summed E-state index contributed by atoms with van der Waals surface area (Å²) >= 11 is 3.18. The van der Waals surface area contributed by atoms with Gasteiger partial charge in [0.15, 0.2) is 0 Å². The molecule has 0 aliphatic carbocycles. The van der Waals surface area contributed by atoms with Crippen LogP contribution in [0.3, 0.4) is 0 Å². The summed E-state index contributed by atoms with van der Waals surface area (Å²) in [5, 5.41) is 19.8. The molecule has 0 amide bonds. The molecule has 3 heterocycles. The molecule has 2 N–H and O–H groups in total. The number of aliphatic imine (C=N–C) groups is 1. The van der Waals surface area contributed by atoms with E-state index in [9.17, 15) is 15.0 Å². The minimum atomic E-state index is -0.787. The fourth-order valence-corrected chi connectivity index (χ4v) is 5.19. The molecule has 8 heteroatoms. The fraction of sp³-hybridized carbons (Fsp3) is 0.462. The van der Waals surface area contributed by atoms with Crippen molar-refractivity contribution in [3.63, 3.8) is 0 Å². The number of carbonyl (C=O) groups is 1. The van der Waals surface area contributed by atoms with Gasteiger partial charge in [0.2, 0.25) is 0 Å². The molecular weight excluding hydrogens is 310 g/mol.